The van der Waals surface area contributed by atoms with Crippen LogP contribution in [0, 0.1) is 6.92 Å². The molecule has 1 heterocycles. The molecule has 0 fully saturated rings. The number of allylic oxidation sites excluding steroid dienone is 1. The number of aromatic nitrogens is 1. The van der Waals surface area contributed by atoms with Crippen molar-refractivity contribution in [1.82, 2.24) is 0 Å². The molecule has 0 N–H and O–H groups in total. The van der Waals surface area contributed by atoms with Crippen molar-refractivity contribution in [3.63, 3.8) is 0 Å². The minimum absolute atomic E-state index is 0. The van der Waals surface area contributed by atoms with E-state index in [1.165, 1.54) is 0 Å². The van der Waals surface area contributed by atoms with Crippen molar-refractivity contribution < 1.29 is 21.8 Å². The van der Waals surface area contributed by atoms with Crippen LogP contribution < -0.4 is 17.0 Å². The summed E-state index contributed by atoms with van der Waals surface area (Å²) in [7, 11) is 0. The van der Waals surface area contributed by atoms with Crippen LogP contribution in [0.25, 0.3) is 6.20 Å². The lowest BCUT2D eigenvalue weighted by Gasteiger charge is -1.95. The van der Waals surface area contributed by atoms with Gasteiger partial charge in [0, 0.05) is 17.7 Å². The molecule has 1 aromatic carbocycles. The van der Waals surface area contributed by atoms with Gasteiger partial charge in [-0.15, -0.1) is 0 Å². The fourth-order valence-electron chi connectivity index (χ4n) is 1.48. The topological polar surface area (TPSA) is 20.9 Å². The maximum atomic E-state index is 11.8. The predicted octanol–water partition coefficient (Wildman–Crippen LogP) is -0.360. The zero-order valence-electron chi connectivity index (χ0n) is 10.1. The highest BCUT2D eigenvalue weighted by Crippen LogP contribution is 2.04. The van der Waals surface area contributed by atoms with Crippen molar-refractivity contribution in [2.45, 2.75) is 6.92 Å². The van der Waals surface area contributed by atoms with Crippen LogP contribution in [0.5, 0.6) is 0 Å². The third-order valence-electron chi connectivity index (χ3n) is 2.47. The van der Waals surface area contributed by atoms with Crippen LogP contribution in [0.3, 0.4) is 0 Å². The van der Waals surface area contributed by atoms with Crippen molar-refractivity contribution in [2.75, 3.05) is 0 Å². The Morgan fingerprint density at radius 2 is 1.67 bits per heavy atom. The Labute approximate surface area is 113 Å². The van der Waals surface area contributed by atoms with Gasteiger partial charge in [0.25, 0.3) is 0 Å². The predicted molar refractivity (Wildman–Crippen MR) is 67.5 cm³/mol. The van der Waals surface area contributed by atoms with Gasteiger partial charge in [-0.2, -0.15) is 4.57 Å². The molecule has 0 radical (unpaired) electrons. The summed E-state index contributed by atoms with van der Waals surface area (Å²) in [6.45, 7) is 2.00. The van der Waals surface area contributed by atoms with E-state index in [1.807, 2.05) is 66.3 Å². The Hall–Kier alpha value is -1.93. The molecule has 0 amide bonds. The number of ketones is 1. The van der Waals surface area contributed by atoms with Gasteiger partial charge in [0.05, 0.1) is 6.08 Å². The van der Waals surface area contributed by atoms with Gasteiger partial charge in [0.1, 0.15) is 0 Å². The van der Waals surface area contributed by atoms with E-state index in [0.717, 1.165) is 5.56 Å². The summed E-state index contributed by atoms with van der Waals surface area (Å²) in [4.78, 5) is 11.8. The van der Waals surface area contributed by atoms with Crippen LogP contribution in [-0.2, 0) is 0 Å². The first-order valence-electron chi connectivity index (χ1n) is 5.51. The summed E-state index contributed by atoms with van der Waals surface area (Å²) in [5.41, 5.74) is 1.87. The minimum Gasteiger partial charge on any atom is -1.00 e. The van der Waals surface area contributed by atoms with E-state index in [2.05, 4.69) is 0 Å². The zero-order chi connectivity index (χ0) is 12.1. The smallest absolute Gasteiger partial charge is 0.191 e. The molecule has 2 aromatic rings. The summed E-state index contributed by atoms with van der Waals surface area (Å²) in [6, 6.07) is 13.3. The average molecular weight is 260 g/mol. The molecule has 0 saturated carbocycles. The molecule has 0 unspecified atom stereocenters. The van der Waals surface area contributed by atoms with E-state index in [-0.39, 0.29) is 18.2 Å². The molecule has 2 rings (SSSR count). The Morgan fingerprint density at radius 3 is 2.28 bits per heavy atom. The van der Waals surface area contributed by atoms with Crippen molar-refractivity contribution in [3.05, 3.63) is 72.1 Å². The Bertz CT molecular complexity index is 532. The zero-order valence-corrected chi connectivity index (χ0v) is 10.8. The van der Waals surface area contributed by atoms with Gasteiger partial charge < -0.3 is 12.4 Å². The van der Waals surface area contributed by atoms with Gasteiger partial charge in [-0.1, -0.05) is 35.9 Å². The van der Waals surface area contributed by atoms with Crippen LogP contribution in [0.2, 0.25) is 0 Å². The second kappa shape index (κ2) is 6.72. The number of pyridine rings is 1. The molecule has 1 aromatic heterocycles. The molecule has 0 aliphatic rings. The third-order valence-corrected chi connectivity index (χ3v) is 2.47. The van der Waals surface area contributed by atoms with Crippen molar-refractivity contribution >= 4 is 12.0 Å². The van der Waals surface area contributed by atoms with Gasteiger partial charge in [-0.05, 0) is 6.92 Å². The lowest BCUT2D eigenvalue weighted by atomic mass is 10.1. The van der Waals surface area contributed by atoms with Gasteiger partial charge >= 0.3 is 0 Å². The number of hydrogen-bond donors (Lipinski definition) is 0. The van der Waals surface area contributed by atoms with Gasteiger partial charge in [0.2, 0.25) is 0 Å². The maximum absolute atomic E-state index is 11.8. The molecular weight excluding hydrogens is 246 g/mol. The van der Waals surface area contributed by atoms with E-state index in [9.17, 15) is 4.79 Å². The minimum atomic E-state index is 0. The number of nitrogens with zero attached hydrogens (tertiary/aromatic N) is 1. The van der Waals surface area contributed by atoms with E-state index in [1.54, 1.807) is 12.3 Å². The summed E-state index contributed by atoms with van der Waals surface area (Å²) < 4.78 is 1.84. The maximum Gasteiger partial charge on any atom is 0.191 e. The molecule has 0 spiro atoms. The number of aryl methyl sites for hydroxylation is 1. The highest BCUT2D eigenvalue weighted by molar-refractivity contribution is 6.05. The molecule has 0 atom stereocenters. The number of carbonyl (C=O) groups is 1. The molecule has 0 aliphatic heterocycles. The van der Waals surface area contributed by atoms with Crippen LogP contribution in [-0.4, -0.2) is 5.78 Å². The fourth-order valence-corrected chi connectivity index (χ4v) is 1.48. The molecule has 18 heavy (non-hydrogen) atoms. The molecule has 92 valence electrons. The van der Waals surface area contributed by atoms with Crippen LogP contribution in [0.1, 0.15) is 15.9 Å². The normalized spacial score (nSPS) is 10.1. The lowest BCUT2D eigenvalue weighted by Crippen LogP contribution is -3.00. The number of halogens is 1. The van der Waals surface area contributed by atoms with Crippen molar-refractivity contribution in [1.29, 1.82) is 0 Å². The van der Waals surface area contributed by atoms with E-state index < -0.39 is 0 Å². The number of hydrogen-bond acceptors (Lipinski definition) is 1. The number of rotatable bonds is 3. The second-order valence-electron chi connectivity index (χ2n) is 3.87. The van der Waals surface area contributed by atoms with Crippen molar-refractivity contribution in [3.8, 4) is 0 Å². The molecule has 0 aliphatic carbocycles. The molecule has 2 nitrogen and oxygen atoms in total. The summed E-state index contributed by atoms with van der Waals surface area (Å²) in [5, 5.41) is 0. The molecule has 0 bridgehead atoms. The molecule has 0 saturated heterocycles. The van der Waals surface area contributed by atoms with Gasteiger partial charge in [-0.3, -0.25) is 4.79 Å². The van der Waals surface area contributed by atoms with Crippen LogP contribution >= 0.6 is 0 Å². The summed E-state index contributed by atoms with van der Waals surface area (Å²) >= 11 is 0. The highest BCUT2D eigenvalue weighted by atomic mass is 35.5. The summed E-state index contributed by atoms with van der Waals surface area (Å²) in [6.07, 6.45) is 7.10. The summed E-state index contributed by atoms with van der Waals surface area (Å²) in [5.74, 6) is 0.0151. The average Bonchev–Trinajstić information content (AvgIpc) is 2.38. The van der Waals surface area contributed by atoms with E-state index in [4.69, 9.17) is 0 Å². The standard InChI is InChI=1S/C15H14NO.ClH/c1-13-5-7-14(8-6-13)15(17)9-12-16-10-3-2-4-11-16;/h2-12H,1H3;1H/q+1;/p-1/b12-9+;. The van der Waals surface area contributed by atoms with Crippen LogP contribution in [0.4, 0.5) is 0 Å². The Morgan fingerprint density at radius 1 is 1.06 bits per heavy atom. The molecule has 3 heteroatoms. The first-order valence-corrected chi connectivity index (χ1v) is 5.51. The first-order chi connectivity index (χ1) is 8.25. The van der Waals surface area contributed by atoms with Gasteiger partial charge in [-0.25, -0.2) is 0 Å². The quantitative estimate of drug-likeness (QED) is 0.419. The Balaban J connectivity index is 0.00000162. The van der Waals surface area contributed by atoms with Crippen LogP contribution in [0.15, 0.2) is 60.9 Å². The lowest BCUT2D eigenvalue weighted by molar-refractivity contribution is -0.568. The second-order valence-corrected chi connectivity index (χ2v) is 3.87. The highest BCUT2D eigenvalue weighted by Gasteiger charge is 2.02. The van der Waals surface area contributed by atoms with Crippen molar-refractivity contribution in [2.24, 2.45) is 0 Å². The number of benzene rings is 1. The third kappa shape index (κ3) is 3.82. The molecular formula is C15H14ClNO. The fraction of sp³-hybridized carbons (Fsp3) is 0.0667. The first kappa shape index (κ1) is 14.1. The van der Waals surface area contributed by atoms with Gasteiger partial charge in [0.15, 0.2) is 24.4 Å². The monoisotopic (exact) mass is 259 g/mol. The van der Waals surface area contributed by atoms with E-state index >= 15 is 0 Å². The largest absolute Gasteiger partial charge is 1.00 e. The van der Waals surface area contributed by atoms with E-state index in [0.29, 0.717) is 5.56 Å². The SMILES string of the molecule is Cc1ccc(C(=O)/C=C/[n+]2ccccc2)cc1.[Cl-]. The Kier molecular flexibility index (Phi) is 5.28. The number of carbonyl (C=O) groups excluding carboxylic acids is 1.